The van der Waals surface area contributed by atoms with Crippen LogP contribution in [-0.2, 0) is 67.0 Å². The van der Waals surface area contributed by atoms with Crippen molar-refractivity contribution in [2.24, 2.45) is 0 Å². The van der Waals surface area contributed by atoms with Gasteiger partial charge in [0.25, 0.3) is 0 Å². The van der Waals surface area contributed by atoms with Crippen molar-refractivity contribution in [1.29, 1.82) is 0 Å². The summed E-state index contributed by atoms with van der Waals surface area (Å²) >= 11 is 29.3. The normalized spacial score (nSPS) is 24.2. The molecule has 0 atom stereocenters. The fourth-order valence-electron chi connectivity index (χ4n) is 4.82. The quantitative estimate of drug-likeness (QED) is 0.188. The minimum atomic E-state index is 0. The molecule has 0 aromatic carbocycles. The predicted octanol–water partition coefficient (Wildman–Crippen LogP) is 9.11. The van der Waals surface area contributed by atoms with E-state index in [1.807, 2.05) is 47.0 Å². The fraction of sp³-hybridized carbons (Fsp3) is 0.833. The van der Waals surface area contributed by atoms with Gasteiger partial charge in [-0.2, -0.15) is 64.0 Å². The fourth-order valence-corrected chi connectivity index (χ4v) is 11.5. The maximum absolute atomic E-state index is 5.45. The largest absolute Gasteiger partial charge is 0.774 e. The Hall–Kier alpha value is 2.25. The van der Waals surface area contributed by atoms with Crippen LogP contribution in [-0.4, -0.2) is 21.0 Å². The van der Waals surface area contributed by atoms with Crippen LogP contribution >= 0.6 is 47.0 Å². The Kier molecular flexibility index (Phi) is 16.9. The summed E-state index contributed by atoms with van der Waals surface area (Å²) in [7, 11) is 0. The Morgan fingerprint density at radius 1 is 0.364 bits per heavy atom. The number of hydrogen-bond donors (Lipinski definition) is 0. The van der Waals surface area contributed by atoms with E-state index < -0.39 is 0 Å². The molecule has 0 aromatic heterocycles. The van der Waals surface area contributed by atoms with Crippen LogP contribution in [0.3, 0.4) is 0 Å². The van der Waals surface area contributed by atoms with Crippen molar-refractivity contribution in [2.45, 2.75) is 124 Å². The van der Waals surface area contributed by atoms with Crippen molar-refractivity contribution >= 4 is 97.6 Å². The molecule has 4 aliphatic carbocycles. The standard InChI is InChI=1S/2C12H20S4.Ni/c2*13-11(15-9-5-1-2-6-9)12(14)16-10-7-3-4-8-10;/h2*9-10,13-14H,1-8H2;/p-4/b2*12-11-;. The van der Waals surface area contributed by atoms with Gasteiger partial charge in [-0.05, 0) is 51.4 Å². The van der Waals surface area contributed by atoms with Crippen molar-refractivity contribution in [3.05, 3.63) is 16.9 Å². The van der Waals surface area contributed by atoms with Crippen molar-refractivity contribution in [1.82, 2.24) is 0 Å². The average molecular weight is 640 g/mol. The van der Waals surface area contributed by atoms with E-state index in [2.05, 4.69) is 0 Å². The molecule has 0 saturated heterocycles. The van der Waals surface area contributed by atoms with Gasteiger partial charge in [0.05, 0.1) is 0 Å². The molecule has 4 aliphatic rings. The zero-order chi connectivity index (χ0) is 22.8. The van der Waals surface area contributed by atoms with Crippen LogP contribution in [0, 0.1) is 0 Å². The topological polar surface area (TPSA) is 0 Å². The third-order valence-electron chi connectivity index (χ3n) is 6.64. The molecule has 0 N–H and O–H groups in total. The van der Waals surface area contributed by atoms with Gasteiger partial charge in [0, 0.05) is 37.5 Å². The summed E-state index contributed by atoms with van der Waals surface area (Å²) in [5, 5.41) is 3.04. The van der Waals surface area contributed by atoms with Crippen molar-refractivity contribution < 1.29 is 16.5 Å². The summed E-state index contributed by atoms with van der Waals surface area (Å²) in [6, 6.07) is 0. The molecule has 0 amide bonds. The first-order chi connectivity index (χ1) is 15.5. The van der Waals surface area contributed by atoms with Crippen molar-refractivity contribution in [3.8, 4) is 0 Å². The van der Waals surface area contributed by atoms with E-state index in [-0.39, 0.29) is 16.5 Å². The van der Waals surface area contributed by atoms with Crippen LogP contribution in [0.5, 0.6) is 0 Å². The minimum absolute atomic E-state index is 0. The molecule has 0 unspecified atom stereocenters. The van der Waals surface area contributed by atoms with Gasteiger partial charge in [-0.1, -0.05) is 51.4 Å². The molecule has 4 saturated carbocycles. The van der Waals surface area contributed by atoms with Crippen LogP contribution in [0.25, 0.3) is 0 Å². The molecule has 0 bridgehead atoms. The molecular weight excluding hydrogens is 603 g/mol. The summed E-state index contributed by atoms with van der Waals surface area (Å²) in [5.74, 6) is 0. The van der Waals surface area contributed by atoms with Gasteiger partial charge in [-0.3, -0.25) is 0 Å². The van der Waals surface area contributed by atoms with Gasteiger partial charge in [0.15, 0.2) is 0 Å². The van der Waals surface area contributed by atoms with E-state index in [1.54, 1.807) is 0 Å². The zero-order valence-electron chi connectivity index (χ0n) is 19.2. The van der Waals surface area contributed by atoms with Crippen LogP contribution < -0.4 is 0 Å². The molecule has 0 aromatic rings. The second-order valence-corrected chi connectivity index (χ2v) is 17.2. The van der Waals surface area contributed by atoms with Crippen molar-refractivity contribution in [2.75, 3.05) is 0 Å². The monoisotopic (exact) mass is 638 g/mol. The SMILES string of the molecule is [Ni].[S-]/C(SC1CCCC1)=C(\[S-])SC1CCCC1.[S-]/C(SC1CCCC1)=C(\[S-])SC1CCCC1. The van der Waals surface area contributed by atoms with Crippen LogP contribution in [0.1, 0.15) is 103 Å². The van der Waals surface area contributed by atoms with Crippen LogP contribution in [0.2, 0.25) is 0 Å². The van der Waals surface area contributed by atoms with E-state index in [4.69, 9.17) is 50.5 Å². The first-order valence-corrected chi connectivity index (χ1v) is 17.5. The third-order valence-corrected chi connectivity index (χ3v) is 14.5. The van der Waals surface area contributed by atoms with E-state index in [9.17, 15) is 0 Å². The molecule has 33 heavy (non-hydrogen) atoms. The molecular formula is C24H36NiS8-4. The minimum Gasteiger partial charge on any atom is -0.774 e. The van der Waals surface area contributed by atoms with E-state index in [0.29, 0.717) is 0 Å². The summed E-state index contributed by atoms with van der Waals surface area (Å²) in [4.78, 5) is 0. The zero-order valence-corrected chi connectivity index (χ0v) is 26.7. The Morgan fingerprint density at radius 3 is 0.667 bits per heavy atom. The Bertz CT molecular complexity index is 508. The van der Waals surface area contributed by atoms with Gasteiger partial charge < -0.3 is 50.5 Å². The number of hydrogen-bond acceptors (Lipinski definition) is 8. The molecule has 194 valence electrons. The second-order valence-electron chi connectivity index (χ2n) is 9.25. The summed E-state index contributed by atoms with van der Waals surface area (Å²) < 4.78 is 4.00. The summed E-state index contributed by atoms with van der Waals surface area (Å²) in [5.41, 5.74) is 0. The number of thioether (sulfide) groups is 4. The van der Waals surface area contributed by atoms with Gasteiger partial charge in [-0.15, -0.1) is 0 Å². The maximum atomic E-state index is 5.45. The van der Waals surface area contributed by atoms with E-state index in [0.717, 1.165) is 37.9 Å². The van der Waals surface area contributed by atoms with Gasteiger partial charge in [0.2, 0.25) is 0 Å². The summed E-state index contributed by atoms with van der Waals surface area (Å²) in [6.07, 6.45) is 21.7. The third kappa shape index (κ3) is 12.1. The van der Waals surface area contributed by atoms with E-state index in [1.165, 1.54) is 103 Å². The average Bonchev–Trinajstić information content (AvgIpc) is 3.57. The molecule has 4 fully saturated rings. The Labute approximate surface area is 252 Å². The molecule has 0 spiro atoms. The van der Waals surface area contributed by atoms with Gasteiger partial charge >= 0.3 is 0 Å². The first-order valence-electron chi connectivity index (χ1n) is 12.3. The van der Waals surface area contributed by atoms with Crippen molar-refractivity contribution in [3.63, 3.8) is 0 Å². The number of rotatable bonds is 8. The molecule has 0 nitrogen and oxygen atoms in total. The molecule has 4 rings (SSSR count). The van der Waals surface area contributed by atoms with Crippen LogP contribution in [0.15, 0.2) is 16.9 Å². The Balaban J connectivity index is 0.000000227. The molecule has 9 heteroatoms. The smallest absolute Gasteiger partial charge is 0.00733 e. The van der Waals surface area contributed by atoms with E-state index >= 15 is 0 Å². The maximum Gasteiger partial charge on any atom is 0.00733 e. The van der Waals surface area contributed by atoms with Gasteiger partial charge in [0.1, 0.15) is 0 Å². The first kappa shape index (κ1) is 31.5. The van der Waals surface area contributed by atoms with Gasteiger partial charge in [-0.25, -0.2) is 0 Å². The summed E-state index contributed by atoms with van der Waals surface area (Å²) in [6.45, 7) is 0. The Morgan fingerprint density at radius 2 is 0.515 bits per heavy atom. The van der Waals surface area contributed by atoms with Crippen LogP contribution in [0.4, 0.5) is 0 Å². The molecule has 0 heterocycles. The molecule has 0 aliphatic heterocycles. The second kappa shape index (κ2) is 17.7. The molecule has 0 radical (unpaired) electrons. The predicted molar refractivity (Wildman–Crippen MR) is 163 cm³/mol.